The highest BCUT2D eigenvalue weighted by molar-refractivity contribution is 5.10. The number of hydrogen-bond acceptors (Lipinski definition) is 2. The fourth-order valence-corrected chi connectivity index (χ4v) is 3.67. The molecule has 98 valence electrons. The molecule has 3 rings (SSSR count). The zero-order valence-electron chi connectivity index (χ0n) is 12.0. The van der Waals surface area contributed by atoms with Crippen molar-refractivity contribution in [3.8, 4) is 0 Å². The molecule has 2 nitrogen and oxygen atoms in total. The molecular weight excluding hydrogens is 208 g/mol. The van der Waals surface area contributed by atoms with Crippen molar-refractivity contribution in [3.63, 3.8) is 0 Å². The lowest BCUT2D eigenvalue weighted by atomic mass is 9.60. The summed E-state index contributed by atoms with van der Waals surface area (Å²) in [7, 11) is 2.24. The van der Waals surface area contributed by atoms with Gasteiger partial charge in [-0.05, 0) is 38.6 Å². The minimum atomic E-state index is 0.746. The van der Waals surface area contributed by atoms with Crippen molar-refractivity contribution in [2.75, 3.05) is 33.2 Å². The summed E-state index contributed by atoms with van der Waals surface area (Å²) in [5.41, 5.74) is 2.33. The smallest absolute Gasteiger partial charge is 0.0168 e. The van der Waals surface area contributed by atoms with Gasteiger partial charge in [0.25, 0.3) is 0 Å². The molecule has 2 aliphatic heterocycles. The lowest BCUT2D eigenvalue weighted by molar-refractivity contribution is -0.0967. The number of hydrogen-bond donors (Lipinski definition) is 0. The number of likely N-dealkylation sites (tertiary alicyclic amines) is 1. The van der Waals surface area contributed by atoms with E-state index in [9.17, 15) is 0 Å². The Hall–Kier alpha value is -0.340. The fraction of sp³-hybridized carbons (Fsp3) is 0.867. The van der Waals surface area contributed by atoms with Crippen molar-refractivity contribution in [2.45, 2.75) is 46.1 Å². The topological polar surface area (TPSA) is 6.48 Å². The Kier molecular flexibility index (Phi) is 3.94. The van der Waals surface area contributed by atoms with Gasteiger partial charge in [-0.15, -0.1) is 0 Å². The van der Waals surface area contributed by atoms with Crippen LogP contribution in [0, 0.1) is 5.41 Å². The average Bonchev–Trinajstić information content (AvgIpc) is 2.26. The molecule has 1 saturated carbocycles. The molecule has 0 bridgehead atoms. The van der Waals surface area contributed by atoms with Crippen LogP contribution in [0.3, 0.4) is 0 Å². The Balaban J connectivity index is 0.000000514. The maximum absolute atomic E-state index is 2.69. The fourth-order valence-electron chi connectivity index (χ4n) is 3.67. The predicted octanol–water partition coefficient (Wildman–Crippen LogP) is 2.76. The molecule has 3 aliphatic rings. The zero-order chi connectivity index (χ0) is 12.5. The van der Waals surface area contributed by atoms with Crippen LogP contribution in [0.4, 0.5) is 0 Å². The Labute approximate surface area is 107 Å². The van der Waals surface area contributed by atoms with E-state index in [1.807, 2.05) is 13.8 Å². The Bertz CT molecular complexity index is 281. The first-order chi connectivity index (χ1) is 8.17. The molecular formula is C15H28N2. The molecule has 1 saturated heterocycles. The van der Waals surface area contributed by atoms with Crippen LogP contribution in [0.25, 0.3) is 0 Å². The van der Waals surface area contributed by atoms with Crippen molar-refractivity contribution >= 4 is 0 Å². The molecule has 0 aromatic carbocycles. The van der Waals surface area contributed by atoms with E-state index < -0.39 is 0 Å². The van der Waals surface area contributed by atoms with Crippen LogP contribution in [0.15, 0.2) is 11.6 Å². The van der Waals surface area contributed by atoms with Crippen LogP contribution in [-0.2, 0) is 0 Å². The van der Waals surface area contributed by atoms with E-state index in [1.165, 1.54) is 45.4 Å². The van der Waals surface area contributed by atoms with Crippen molar-refractivity contribution in [3.05, 3.63) is 11.6 Å². The molecule has 17 heavy (non-hydrogen) atoms. The third-order valence-corrected chi connectivity index (χ3v) is 4.53. The Morgan fingerprint density at radius 1 is 1.24 bits per heavy atom. The number of rotatable bonds is 1. The van der Waals surface area contributed by atoms with E-state index in [2.05, 4.69) is 29.8 Å². The maximum atomic E-state index is 2.69. The van der Waals surface area contributed by atoms with Gasteiger partial charge in [-0.2, -0.15) is 0 Å². The summed E-state index contributed by atoms with van der Waals surface area (Å²) in [6.07, 6.45) is 6.64. The van der Waals surface area contributed by atoms with Crippen molar-refractivity contribution in [2.24, 2.45) is 5.41 Å². The summed E-state index contributed by atoms with van der Waals surface area (Å²) < 4.78 is 0. The summed E-state index contributed by atoms with van der Waals surface area (Å²) in [6.45, 7) is 11.5. The standard InChI is InChI=1S/C13H22N2.C2H6/c1-11-3-5-15(6-4-11)12-7-13(8-12)9-14(2)10-13;1-2/h3,12H,4-10H2,1-2H3;1-2H3. The summed E-state index contributed by atoms with van der Waals surface area (Å²) in [5, 5.41) is 0. The zero-order valence-corrected chi connectivity index (χ0v) is 12.0. The molecule has 0 atom stereocenters. The Morgan fingerprint density at radius 3 is 2.35 bits per heavy atom. The quantitative estimate of drug-likeness (QED) is 0.646. The molecule has 1 spiro atoms. The van der Waals surface area contributed by atoms with Crippen molar-refractivity contribution in [1.29, 1.82) is 0 Å². The minimum absolute atomic E-state index is 0.746. The first-order valence-electron chi connectivity index (χ1n) is 7.25. The monoisotopic (exact) mass is 236 g/mol. The largest absolute Gasteiger partial charge is 0.305 e. The van der Waals surface area contributed by atoms with Gasteiger partial charge in [0, 0.05) is 32.2 Å². The van der Waals surface area contributed by atoms with Gasteiger partial charge < -0.3 is 4.90 Å². The van der Waals surface area contributed by atoms with Crippen LogP contribution in [0.2, 0.25) is 0 Å². The van der Waals surface area contributed by atoms with Crippen LogP contribution in [-0.4, -0.2) is 49.1 Å². The normalized spacial score (nSPS) is 28.8. The third-order valence-electron chi connectivity index (χ3n) is 4.53. The molecule has 0 N–H and O–H groups in total. The molecule has 1 aliphatic carbocycles. The highest BCUT2D eigenvalue weighted by Gasteiger charge is 2.52. The van der Waals surface area contributed by atoms with Crippen LogP contribution >= 0.6 is 0 Å². The van der Waals surface area contributed by atoms with Gasteiger partial charge in [0.2, 0.25) is 0 Å². The molecule has 2 fully saturated rings. The van der Waals surface area contributed by atoms with Gasteiger partial charge in [0.1, 0.15) is 0 Å². The van der Waals surface area contributed by atoms with Crippen LogP contribution in [0.5, 0.6) is 0 Å². The third kappa shape index (κ3) is 2.58. The highest BCUT2D eigenvalue weighted by Crippen LogP contribution is 2.49. The molecule has 0 radical (unpaired) electrons. The first-order valence-corrected chi connectivity index (χ1v) is 7.25. The first kappa shape index (κ1) is 13.1. The van der Waals surface area contributed by atoms with Crippen LogP contribution in [0.1, 0.15) is 40.0 Å². The second kappa shape index (κ2) is 5.11. The average molecular weight is 236 g/mol. The van der Waals surface area contributed by atoms with E-state index in [-0.39, 0.29) is 0 Å². The molecule has 0 aromatic rings. The lowest BCUT2D eigenvalue weighted by Crippen LogP contribution is -2.65. The maximum Gasteiger partial charge on any atom is 0.0168 e. The van der Waals surface area contributed by atoms with Gasteiger partial charge in [-0.1, -0.05) is 25.5 Å². The predicted molar refractivity (Wildman–Crippen MR) is 74.2 cm³/mol. The highest BCUT2D eigenvalue weighted by atomic mass is 15.2. The Morgan fingerprint density at radius 2 is 1.88 bits per heavy atom. The van der Waals surface area contributed by atoms with E-state index in [4.69, 9.17) is 0 Å². The second-order valence-corrected chi connectivity index (χ2v) is 6.03. The summed E-state index contributed by atoms with van der Waals surface area (Å²) in [6, 6.07) is 0.906. The minimum Gasteiger partial charge on any atom is -0.305 e. The van der Waals surface area contributed by atoms with Gasteiger partial charge in [-0.3, -0.25) is 4.90 Å². The summed E-state index contributed by atoms with van der Waals surface area (Å²) in [5.74, 6) is 0. The van der Waals surface area contributed by atoms with E-state index in [0.717, 1.165) is 11.5 Å². The van der Waals surface area contributed by atoms with E-state index in [1.54, 1.807) is 5.57 Å². The molecule has 2 heterocycles. The van der Waals surface area contributed by atoms with Crippen molar-refractivity contribution in [1.82, 2.24) is 9.80 Å². The van der Waals surface area contributed by atoms with Gasteiger partial charge in [-0.25, -0.2) is 0 Å². The summed E-state index contributed by atoms with van der Waals surface area (Å²) >= 11 is 0. The van der Waals surface area contributed by atoms with Crippen molar-refractivity contribution < 1.29 is 0 Å². The van der Waals surface area contributed by atoms with E-state index in [0.29, 0.717) is 0 Å². The summed E-state index contributed by atoms with van der Waals surface area (Å²) in [4.78, 5) is 5.15. The molecule has 0 amide bonds. The second-order valence-electron chi connectivity index (χ2n) is 6.03. The molecule has 0 aromatic heterocycles. The van der Waals surface area contributed by atoms with Gasteiger partial charge in [0.15, 0.2) is 0 Å². The van der Waals surface area contributed by atoms with Gasteiger partial charge >= 0.3 is 0 Å². The number of nitrogens with zero attached hydrogens (tertiary/aromatic N) is 2. The molecule has 2 heteroatoms. The molecule has 0 unspecified atom stereocenters. The van der Waals surface area contributed by atoms with E-state index >= 15 is 0 Å². The lowest BCUT2D eigenvalue weighted by Gasteiger charge is -2.60. The SMILES string of the molecule is CC.CC1=CCN(C2CC3(C2)CN(C)C3)CC1. The van der Waals surface area contributed by atoms with Gasteiger partial charge in [0.05, 0.1) is 0 Å². The van der Waals surface area contributed by atoms with Crippen LogP contribution < -0.4 is 0 Å².